The molecule has 0 atom stereocenters. The third-order valence-corrected chi connectivity index (χ3v) is 8.29. The molecule has 6 nitrogen and oxygen atoms in total. The number of nitrogens with two attached hydrogens (primary N) is 2. The average Bonchev–Trinajstić information content (AvgIpc) is 2.94. The molecule has 3 rings (SSSR count). The summed E-state index contributed by atoms with van der Waals surface area (Å²) in [5, 5.41) is 29.7. The van der Waals surface area contributed by atoms with E-state index in [1.54, 1.807) is 0 Å². The lowest BCUT2D eigenvalue weighted by Crippen LogP contribution is -2.56. The van der Waals surface area contributed by atoms with Crippen LogP contribution in [-0.4, -0.2) is 69.8 Å². The first-order chi connectivity index (χ1) is 24.2. The highest BCUT2D eigenvalue weighted by molar-refractivity contribution is 6.08. The predicted molar refractivity (Wildman–Crippen MR) is 134 cm³/mol. The van der Waals surface area contributed by atoms with E-state index >= 15 is 0 Å². The summed E-state index contributed by atoms with van der Waals surface area (Å²) in [7, 11) is 0. The molecular formula is C26H12F24N2O4. The molecule has 0 aromatic heterocycles. The quantitative estimate of drug-likeness (QED) is 0.0887. The van der Waals surface area contributed by atoms with E-state index in [0.29, 0.717) is 0 Å². The molecule has 0 radical (unpaired) electrons. The number of fused-ring (bicyclic) bond motifs is 2. The molecule has 0 fully saturated rings. The van der Waals surface area contributed by atoms with Crippen LogP contribution in [0.15, 0.2) is 24.3 Å². The van der Waals surface area contributed by atoms with Crippen LogP contribution in [0.5, 0.6) is 0 Å². The van der Waals surface area contributed by atoms with Crippen LogP contribution in [0, 0.1) is 0 Å². The number of hydrogen-bond donors (Lipinski definition) is 6. The number of alkyl halides is 24. The minimum absolute atomic E-state index is 0.903. The van der Waals surface area contributed by atoms with Gasteiger partial charge in [0.15, 0.2) is 0 Å². The molecule has 0 bridgehead atoms. The van der Waals surface area contributed by atoms with Gasteiger partial charge in [-0.3, -0.25) is 0 Å². The molecule has 56 heavy (non-hydrogen) atoms. The van der Waals surface area contributed by atoms with Crippen molar-refractivity contribution in [2.75, 3.05) is 11.5 Å². The van der Waals surface area contributed by atoms with E-state index < -0.39 is 151 Å². The Hall–Kier alpha value is -4.06. The predicted octanol–water partition coefficient (Wildman–Crippen LogP) is 8.41. The Morgan fingerprint density at radius 1 is 0.304 bits per heavy atom. The average molecular weight is 872 g/mol. The molecule has 0 saturated heterocycles. The monoisotopic (exact) mass is 872 g/mol. The van der Waals surface area contributed by atoms with Gasteiger partial charge in [-0.2, -0.15) is 105 Å². The number of halogens is 24. The molecule has 3 aromatic rings. The molecular weight excluding hydrogens is 860 g/mol. The fraction of sp³-hybridized carbons (Fsp3) is 0.462. The van der Waals surface area contributed by atoms with E-state index in [0.717, 1.165) is 0 Å². The zero-order valence-corrected chi connectivity index (χ0v) is 25.3. The van der Waals surface area contributed by atoms with E-state index in [1.165, 1.54) is 0 Å². The molecule has 0 aliphatic carbocycles. The van der Waals surface area contributed by atoms with Crippen LogP contribution >= 0.6 is 0 Å². The first-order valence-corrected chi connectivity index (χ1v) is 13.3. The molecule has 0 amide bonds. The Labute approximate surface area is 289 Å². The fourth-order valence-electron chi connectivity index (χ4n) is 5.49. The van der Waals surface area contributed by atoms with Crippen molar-refractivity contribution in [2.45, 2.75) is 71.8 Å². The van der Waals surface area contributed by atoms with Crippen molar-refractivity contribution in [1.82, 2.24) is 0 Å². The summed E-state index contributed by atoms with van der Waals surface area (Å²) in [4.78, 5) is 0. The minimum atomic E-state index is -7.52. The summed E-state index contributed by atoms with van der Waals surface area (Å²) in [5.41, 5.74) is -37.4. The van der Waals surface area contributed by atoms with Gasteiger partial charge in [-0.1, -0.05) is 0 Å². The number of rotatable bonds is 4. The van der Waals surface area contributed by atoms with Crippen LogP contribution in [-0.2, 0) is 22.4 Å². The summed E-state index contributed by atoms with van der Waals surface area (Å²) in [6.45, 7) is 0. The largest absolute Gasteiger partial charge is 0.430 e. The zero-order valence-electron chi connectivity index (χ0n) is 25.3. The Morgan fingerprint density at radius 3 is 0.893 bits per heavy atom. The van der Waals surface area contributed by atoms with Gasteiger partial charge in [-0.05, 0) is 40.4 Å². The van der Waals surface area contributed by atoms with E-state index in [2.05, 4.69) is 0 Å². The third kappa shape index (κ3) is 6.11. The molecule has 0 spiro atoms. The number of nitrogen functional groups attached to an aromatic ring is 2. The van der Waals surface area contributed by atoms with Gasteiger partial charge >= 0.3 is 49.4 Å². The standard InChI is InChI=1S/C26H12F24N2O4/c27-19(28,29)15(53,20(30,31)32)9-4-11(17(55,23(39,40)41)24(42,43)44)13(51)8-1-5-2-10(16(54,21(33,34)35)22(36,37)38)14(52)12(6(5)3-7(8)9)18(56,25(45,46)47)26(48,49)50/h1-4,53-56H,51-52H2. The van der Waals surface area contributed by atoms with Gasteiger partial charge in [0.05, 0.1) is 0 Å². The second-order valence-electron chi connectivity index (χ2n) is 11.5. The van der Waals surface area contributed by atoms with Crippen molar-refractivity contribution in [2.24, 2.45) is 0 Å². The lowest BCUT2D eigenvalue weighted by molar-refractivity contribution is -0.378. The lowest BCUT2D eigenvalue weighted by Gasteiger charge is -2.39. The molecule has 0 heterocycles. The molecule has 0 unspecified atom stereocenters. The first kappa shape index (κ1) is 46.3. The fourth-order valence-corrected chi connectivity index (χ4v) is 5.49. The maximum absolute atomic E-state index is 14.1. The van der Waals surface area contributed by atoms with Crippen LogP contribution in [0.25, 0.3) is 21.5 Å². The summed E-state index contributed by atoms with van der Waals surface area (Å²) >= 11 is 0. The second kappa shape index (κ2) is 12.2. The number of benzene rings is 3. The van der Waals surface area contributed by atoms with Crippen molar-refractivity contribution in [3.05, 3.63) is 46.5 Å². The SMILES string of the molecule is Nc1c(C(O)(C(F)(F)F)C(F)(F)F)cc2cc3c(N)c(C(O)(C(F)(F)F)C(F)(F)F)cc(C(O)(C(F)(F)F)C(F)(F)F)c3cc2c1C(O)(C(F)(F)F)C(F)(F)F. The normalized spacial score (nSPS) is 15.6. The Bertz CT molecular complexity index is 1970. The van der Waals surface area contributed by atoms with Crippen LogP contribution in [0.3, 0.4) is 0 Å². The maximum atomic E-state index is 14.1. The smallest absolute Gasteiger partial charge is 0.398 e. The van der Waals surface area contributed by atoms with Crippen molar-refractivity contribution in [1.29, 1.82) is 0 Å². The van der Waals surface area contributed by atoms with Crippen molar-refractivity contribution in [3.63, 3.8) is 0 Å². The molecule has 30 heteroatoms. The van der Waals surface area contributed by atoms with Gasteiger partial charge in [0.25, 0.3) is 22.4 Å². The summed E-state index contributed by atoms with van der Waals surface area (Å²) < 4.78 is 335. The topological polar surface area (TPSA) is 133 Å². The van der Waals surface area contributed by atoms with E-state index in [-0.39, 0.29) is 0 Å². The molecule has 318 valence electrons. The van der Waals surface area contributed by atoms with E-state index in [9.17, 15) is 126 Å². The highest BCUT2D eigenvalue weighted by Gasteiger charge is 2.77. The van der Waals surface area contributed by atoms with Gasteiger partial charge in [0.2, 0.25) is 0 Å². The van der Waals surface area contributed by atoms with Crippen LogP contribution in [0.2, 0.25) is 0 Å². The minimum Gasteiger partial charge on any atom is -0.398 e. The summed E-state index contributed by atoms with van der Waals surface area (Å²) in [6, 6.07) is -4.71. The van der Waals surface area contributed by atoms with Gasteiger partial charge in [-0.25, -0.2) is 0 Å². The van der Waals surface area contributed by atoms with Crippen molar-refractivity contribution < 1.29 is 126 Å². The highest BCUT2D eigenvalue weighted by atomic mass is 19.4. The Balaban J connectivity index is 3.09. The number of anilines is 2. The first-order valence-electron chi connectivity index (χ1n) is 13.3. The van der Waals surface area contributed by atoms with Gasteiger partial charge < -0.3 is 31.9 Å². The van der Waals surface area contributed by atoms with Gasteiger partial charge in [0, 0.05) is 39.0 Å². The number of hydrogen-bond acceptors (Lipinski definition) is 6. The summed E-state index contributed by atoms with van der Waals surface area (Å²) in [5.74, 6) is 0. The molecule has 0 aliphatic heterocycles. The van der Waals surface area contributed by atoms with Crippen LogP contribution in [0.1, 0.15) is 22.3 Å². The van der Waals surface area contributed by atoms with E-state index in [4.69, 9.17) is 11.5 Å². The van der Waals surface area contributed by atoms with Gasteiger partial charge in [0.1, 0.15) is 0 Å². The van der Waals surface area contributed by atoms with Crippen LogP contribution < -0.4 is 11.5 Å². The molecule has 0 aliphatic rings. The van der Waals surface area contributed by atoms with E-state index in [1.807, 2.05) is 0 Å². The highest BCUT2D eigenvalue weighted by Crippen LogP contribution is 2.61. The zero-order chi connectivity index (χ0) is 44.6. The summed E-state index contributed by atoms with van der Waals surface area (Å²) in [6.07, 6.45) is -59.4. The second-order valence-corrected chi connectivity index (χ2v) is 11.5. The molecule has 8 N–H and O–H groups in total. The van der Waals surface area contributed by atoms with Crippen LogP contribution in [0.4, 0.5) is 117 Å². The molecule has 3 aromatic carbocycles. The Kier molecular flexibility index (Phi) is 10.1. The van der Waals surface area contributed by atoms with Crippen molar-refractivity contribution >= 4 is 32.9 Å². The third-order valence-electron chi connectivity index (χ3n) is 8.29. The maximum Gasteiger partial charge on any atom is 0.430 e. The number of aliphatic hydroxyl groups is 4. The lowest BCUT2D eigenvalue weighted by atomic mass is 9.77. The Morgan fingerprint density at radius 2 is 0.589 bits per heavy atom. The van der Waals surface area contributed by atoms with Crippen molar-refractivity contribution in [3.8, 4) is 0 Å². The van der Waals surface area contributed by atoms with Gasteiger partial charge in [-0.15, -0.1) is 0 Å². The molecule has 0 saturated carbocycles.